The average Bonchev–Trinajstić information content (AvgIpc) is 3.22. The van der Waals surface area contributed by atoms with Gasteiger partial charge in [0.15, 0.2) is 0 Å². The van der Waals surface area contributed by atoms with Crippen LogP contribution in [-0.4, -0.2) is 27.6 Å². The molecule has 2 aliphatic rings. The number of hydrogen-bond acceptors (Lipinski definition) is 6. The van der Waals surface area contributed by atoms with Crippen LogP contribution in [0, 0.1) is 13.8 Å². The van der Waals surface area contributed by atoms with E-state index >= 15 is 0 Å². The summed E-state index contributed by atoms with van der Waals surface area (Å²) < 4.78 is 5.61. The molecular weight excluding hydrogens is 432 g/mol. The summed E-state index contributed by atoms with van der Waals surface area (Å²) in [6.45, 7) is 4.68. The highest BCUT2D eigenvalue weighted by atomic mass is 32.1. The third kappa shape index (κ3) is 3.86. The highest BCUT2D eigenvalue weighted by Gasteiger charge is 2.35. The van der Waals surface area contributed by atoms with Crippen molar-refractivity contribution in [3.05, 3.63) is 69.9 Å². The van der Waals surface area contributed by atoms with E-state index in [2.05, 4.69) is 53.6 Å². The summed E-state index contributed by atoms with van der Waals surface area (Å²) >= 11 is 1.74. The van der Waals surface area contributed by atoms with Gasteiger partial charge in [-0.3, -0.25) is 4.79 Å². The quantitative estimate of drug-likeness (QED) is 0.375. The molecule has 4 aromatic rings. The zero-order valence-electron chi connectivity index (χ0n) is 18.6. The van der Waals surface area contributed by atoms with Gasteiger partial charge in [-0.05, 0) is 56.0 Å². The predicted molar refractivity (Wildman–Crippen MR) is 128 cm³/mol. The van der Waals surface area contributed by atoms with Crippen LogP contribution in [0.15, 0.2) is 52.4 Å². The van der Waals surface area contributed by atoms with Crippen molar-refractivity contribution in [2.75, 3.05) is 11.4 Å². The topological polar surface area (TPSA) is 72.1 Å². The fourth-order valence-electron chi connectivity index (χ4n) is 4.29. The van der Waals surface area contributed by atoms with E-state index in [1.54, 1.807) is 11.3 Å². The first-order valence-corrected chi connectivity index (χ1v) is 12.2. The lowest BCUT2D eigenvalue weighted by molar-refractivity contribution is -0.117. The molecule has 1 aliphatic carbocycles. The Kier molecular flexibility index (Phi) is 4.87. The Labute approximate surface area is 196 Å². The molecule has 1 saturated heterocycles. The van der Waals surface area contributed by atoms with Gasteiger partial charge in [-0.1, -0.05) is 29.4 Å². The van der Waals surface area contributed by atoms with Crippen LogP contribution in [0.2, 0.25) is 0 Å². The minimum atomic E-state index is -0.108. The lowest BCUT2D eigenvalue weighted by Gasteiger charge is -2.17. The Hall–Kier alpha value is -3.32. The van der Waals surface area contributed by atoms with Gasteiger partial charge < -0.3 is 9.42 Å². The van der Waals surface area contributed by atoms with Crippen molar-refractivity contribution in [2.24, 2.45) is 0 Å². The van der Waals surface area contributed by atoms with Crippen molar-refractivity contribution in [1.29, 1.82) is 0 Å². The maximum absolute atomic E-state index is 12.7. The van der Waals surface area contributed by atoms with Crippen molar-refractivity contribution in [1.82, 2.24) is 15.1 Å². The van der Waals surface area contributed by atoms with Gasteiger partial charge in [0.2, 0.25) is 17.6 Å². The Morgan fingerprint density at radius 3 is 2.67 bits per heavy atom. The van der Waals surface area contributed by atoms with Gasteiger partial charge in [0.05, 0.1) is 16.6 Å². The van der Waals surface area contributed by atoms with Gasteiger partial charge in [-0.15, -0.1) is 11.3 Å². The van der Waals surface area contributed by atoms with E-state index in [-0.39, 0.29) is 11.8 Å². The van der Waals surface area contributed by atoms with E-state index in [1.807, 2.05) is 23.1 Å². The maximum Gasteiger partial charge on any atom is 0.232 e. The summed E-state index contributed by atoms with van der Waals surface area (Å²) in [5.41, 5.74) is 6.25. The van der Waals surface area contributed by atoms with Gasteiger partial charge in [0.25, 0.3) is 0 Å². The Morgan fingerprint density at radius 2 is 1.85 bits per heavy atom. The van der Waals surface area contributed by atoms with Crippen molar-refractivity contribution in [3.8, 4) is 22.6 Å². The van der Waals surface area contributed by atoms with Crippen LogP contribution < -0.4 is 4.90 Å². The monoisotopic (exact) mass is 456 g/mol. The number of aryl methyl sites for hydroxylation is 2. The van der Waals surface area contributed by atoms with Crippen molar-refractivity contribution in [2.45, 2.75) is 44.9 Å². The van der Waals surface area contributed by atoms with E-state index < -0.39 is 0 Å². The van der Waals surface area contributed by atoms with Crippen molar-refractivity contribution in [3.63, 3.8) is 0 Å². The van der Waals surface area contributed by atoms with Crippen LogP contribution in [0.1, 0.15) is 53.1 Å². The first-order valence-electron chi connectivity index (χ1n) is 11.3. The summed E-state index contributed by atoms with van der Waals surface area (Å²) in [5, 5.41) is 7.58. The third-order valence-corrected chi connectivity index (χ3v) is 7.59. The van der Waals surface area contributed by atoms with Crippen LogP contribution in [0.3, 0.4) is 0 Å². The first kappa shape index (κ1) is 20.3. The molecule has 1 aliphatic heterocycles. The van der Waals surface area contributed by atoms with E-state index in [9.17, 15) is 4.79 Å². The molecule has 2 fully saturated rings. The van der Waals surface area contributed by atoms with Gasteiger partial charge in [0, 0.05) is 41.1 Å². The number of hydrogen-bond donors (Lipinski definition) is 0. The molecule has 0 spiro atoms. The molecule has 6 nitrogen and oxygen atoms in total. The van der Waals surface area contributed by atoms with E-state index in [1.165, 1.54) is 29.0 Å². The minimum absolute atomic E-state index is 0.0833. The van der Waals surface area contributed by atoms with Crippen molar-refractivity contribution < 1.29 is 9.32 Å². The maximum atomic E-state index is 12.7. The highest BCUT2D eigenvalue weighted by Crippen LogP contribution is 2.42. The molecule has 1 atom stereocenters. The Bertz CT molecular complexity index is 1350. The molecule has 0 unspecified atom stereocenters. The fourth-order valence-corrected chi connectivity index (χ4v) is 5.29. The third-order valence-electron chi connectivity index (χ3n) is 6.58. The molecule has 3 heterocycles. The van der Waals surface area contributed by atoms with E-state index in [4.69, 9.17) is 9.51 Å². The first-order chi connectivity index (χ1) is 16.0. The Balaban J connectivity index is 1.22. The van der Waals surface area contributed by atoms with Crippen LogP contribution in [0.5, 0.6) is 0 Å². The minimum Gasteiger partial charge on any atom is -0.339 e. The number of aromatic nitrogens is 3. The fraction of sp³-hybridized carbons (Fsp3) is 0.308. The van der Waals surface area contributed by atoms with Crippen LogP contribution in [-0.2, 0) is 4.79 Å². The second kappa shape index (κ2) is 7.92. The number of carbonyl (C=O) groups excluding carboxylic acids is 1. The molecular formula is C26H24N4O2S. The number of amides is 1. The number of anilines is 1. The number of benzene rings is 2. The molecule has 0 radical (unpaired) electrons. The smallest absolute Gasteiger partial charge is 0.232 e. The number of thiazole rings is 1. The summed E-state index contributed by atoms with van der Waals surface area (Å²) in [7, 11) is 0. The number of rotatable bonds is 5. The molecule has 6 rings (SSSR count). The van der Waals surface area contributed by atoms with Crippen molar-refractivity contribution >= 4 is 22.9 Å². The number of carbonyl (C=O) groups is 1. The molecule has 2 aromatic heterocycles. The van der Waals surface area contributed by atoms with Crippen LogP contribution in [0.4, 0.5) is 5.69 Å². The molecule has 7 heteroatoms. The summed E-state index contributed by atoms with van der Waals surface area (Å²) in [6.07, 6.45) is 2.88. The predicted octanol–water partition coefficient (Wildman–Crippen LogP) is 5.87. The largest absolute Gasteiger partial charge is 0.339 e. The normalized spacial score (nSPS) is 18.3. The molecule has 166 valence electrons. The standard InChI is InChI=1S/C26H24N4O2S/c1-15-6-9-21(10-16(15)2)30-13-20(12-23(30)31)25-28-24(29-32-25)19-5-3-4-18(11-19)22-14-33-26(27-22)17-7-8-17/h3-6,9-11,14,17,20H,7-8,12-13H2,1-2H3/t20-/m0/s1. The second-order valence-electron chi connectivity index (χ2n) is 9.06. The molecule has 1 amide bonds. The van der Waals surface area contributed by atoms with Crippen LogP contribution in [0.25, 0.3) is 22.6 Å². The summed E-state index contributed by atoms with van der Waals surface area (Å²) in [5.74, 6) is 1.69. The molecule has 0 bridgehead atoms. The Morgan fingerprint density at radius 1 is 1.00 bits per heavy atom. The second-order valence-corrected chi connectivity index (χ2v) is 9.95. The highest BCUT2D eigenvalue weighted by molar-refractivity contribution is 7.10. The zero-order valence-corrected chi connectivity index (χ0v) is 19.4. The average molecular weight is 457 g/mol. The van der Waals surface area contributed by atoms with Gasteiger partial charge in [0.1, 0.15) is 0 Å². The molecule has 2 aromatic carbocycles. The van der Waals surface area contributed by atoms with Gasteiger partial charge >= 0.3 is 0 Å². The molecule has 0 N–H and O–H groups in total. The lowest BCUT2D eigenvalue weighted by Crippen LogP contribution is -2.24. The lowest BCUT2D eigenvalue weighted by atomic mass is 10.1. The molecule has 1 saturated carbocycles. The molecule has 33 heavy (non-hydrogen) atoms. The summed E-state index contributed by atoms with van der Waals surface area (Å²) in [4.78, 5) is 24.0. The van der Waals surface area contributed by atoms with E-state index in [0.29, 0.717) is 30.6 Å². The van der Waals surface area contributed by atoms with Gasteiger partial charge in [-0.2, -0.15) is 4.98 Å². The van der Waals surface area contributed by atoms with Gasteiger partial charge in [-0.25, -0.2) is 4.98 Å². The van der Waals surface area contributed by atoms with E-state index in [0.717, 1.165) is 22.5 Å². The number of nitrogens with zero attached hydrogens (tertiary/aromatic N) is 4. The SMILES string of the molecule is Cc1ccc(N2C[C@@H](c3nc(-c4cccc(-c5csc(C6CC6)n5)c4)no3)CC2=O)cc1C. The van der Waals surface area contributed by atoms with Crippen LogP contribution >= 0.6 is 11.3 Å². The summed E-state index contributed by atoms with van der Waals surface area (Å²) in [6, 6.07) is 14.2. The zero-order chi connectivity index (χ0) is 22.5.